The van der Waals surface area contributed by atoms with Crippen molar-refractivity contribution in [3.8, 4) is 0 Å². The molecule has 0 radical (unpaired) electrons. The van der Waals surface area contributed by atoms with Gasteiger partial charge in [-0.2, -0.15) is 0 Å². The quantitative estimate of drug-likeness (QED) is 0.0195. The Morgan fingerprint density at radius 3 is 0.885 bits per heavy atom. The van der Waals surface area contributed by atoms with Crippen molar-refractivity contribution in [3.63, 3.8) is 0 Å². The summed E-state index contributed by atoms with van der Waals surface area (Å²) in [6.07, 6.45) is 105. The Morgan fingerprint density at radius 1 is 0.333 bits per heavy atom. The van der Waals surface area contributed by atoms with E-state index in [-0.39, 0.29) is 32.0 Å². The van der Waals surface area contributed by atoms with Gasteiger partial charge in [0, 0.05) is 12.8 Å². The first-order valence-corrected chi connectivity index (χ1v) is 43.1. The lowest BCUT2D eigenvalue weighted by atomic mass is 10.0. The summed E-state index contributed by atoms with van der Waals surface area (Å²) in [6.45, 7) is 4.19. The molecule has 2 atom stereocenters. The van der Waals surface area contributed by atoms with E-state index in [1.54, 1.807) is 0 Å². The summed E-state index contributed by atoms with van der Waals surface area (Å²) in [5.41, 5.74) is 0. The van der Waals surface area contributed by atoms with Crippen LogP contribution in [0, 0.1) is 0 Å². The van der Waals surface area contributed by atoms with Crippen molar-refractivity contribution in [2.45, 2.75) is 418 Å². The van der Waals surface area contributed by atoms with Crippen LogP contribution in [0.4, 0.5) is 0 Å². The molecular weight excluding hydrogens is 1210 g/mol. The Balaban J connectivity index is 3.89. The molecule has 0 saturated heterocycles. The lowest BCUT2D eigenvalue weighted by Crippen LogP contribution is -2.37. The number of phosphoric acid groups is 1. The van der Waals surface area contributed by atoms with Gasteiger partial charge in [-0.1, -0.05) is 408 Å². The van der Waals surface area contributed by atoms with E-state index in [1.807, 2.05) is 21.1 Å². The second-order valence-corrected chi connectivity index (χ2v) is 30.9. The Bertz CT molecular complexity index is 1850. The van der Waals surface area contributed by atoms with Gasteiger partial charge in [-0.05, 0) is 64.2 Å². The normalized spacial score (nSPS) is 13.4. The smallest absolute Gasteiger partial charge is 0.306 e. The van der Waals surface area contributed by atoms with Gasteiger partial charge in [0.15, 0.2) is 6.10 Å². The zero-order chi connectivity index (χ0) is 69.7. The lowest BCUT2D eigenvalue weighted by molar-refractivity contribution is -0.870. The maximum absolute atomic E-state index is 12.9. The average molecular weight is 1370 g/mol. The minimum atomic E-state index is -4.65. The maximum Gasteiger partial charge on any atom is 0.306 e. The van der Waals surface area contributed by atoms with Crippen LogP contribution in [0.25, 0.3) is 0 Å². The number of carbonyl (C=O) groups excluding carboxylic acids is 2. The summed E-state index contributed by atoms with van der Waals surface area (Å²) < 4.78 is 34.4. The van der Waals surface area contributed by atoms with E-state index in [0.29, 0.717) is 17.4 Å². The number of likely N-dealkylation sites (N-methyl/N-ethyl adjacent to an activating group) is 1. The van der Waals surface area contributed by atoms with Gasteiger partial charge in [-0.25, -0.2) is 0 Å². The summed E-state index contributed by atoms with van der Waals surface area (Å²) in [6, 6.07) is 0. The first kappa shape index (κ1) is 93.5. The molecule has 96 heavy (non-hydrogen) atoms. The Morgan fingerprint density at radius 2 is 0.594 bits per heavy atom. The van der Waals surface area contributed by atoms with Gasteiger partial charge in [0.25, 0.3) is 7.82 Å². The molecule has 9 nitrogen and oxygen atoms in total. The fraction of sp³-hybridized carbons (Fsp3) is 0.837. The van der Waals surface area contributed by atoms with Crippen LogP contribution in [0.3, 0.4) is 0 Å². The van der Waals surface area contributed by atoms with Crippen molar-refractivity contribution in [1.29, 1.82) is 0 Å². The van der Waals surface area contributed by atoms with Crippen molar-refractivity contribution in [1.82, 2.24) is 0 Å². The van der Waals surface area contributed by atoms with Gasteiger partial charge in [0.1, 0.15) is 19.8 Å². The van der Waals surface area contributed by atoms with Crippen LogP contribution in [0.1, 0.15) is 412 Å². The zero-order valence-corrected chi connectivity index (χ0v) is 65.2. The molecule has 0 heterocycles. The van der Waals surface area contributed by atoms with E-state index in [0.717, 1.165) is 77.0 Å². The fourth-order valence-corrected chi connectivity index (χ4v) is 13.2. The van der Waals surface area contributed by atoms with E-state index in [1.165, 1.54) is 302 Å². The van der Waals surface area contributed by atoms with Crippen molar-refractivity contribution in [3.05, 3.63) is 72.9 Å². The molecule has 0 aromatic heterocycles. The predicted molar refractivity (Wildman–Crippen MR) is 416 cm³/mol. The number of ether oxygens (including phenoxy) is 2. The molecule has 0 fully saturated rings. The third-order valence-electron chi connectivity index (χ3n) is 18.7. The van der Waals surface area contributed by atoms with Gasteiger partial charge in [0.05, 0.1) is 27.7 Å². The molecule has 0 amide bonds. The Hall–Kier alpha value is -2.55. The average Bonchev–Trinajstić information content (AvgIpc) is 1.97. The summed E-state index contributed by atoms with van der Waals surface area (Å²) >= 11 is 0. The number of quaternary nitrogens is 1. The molecule has 0 aliphatic carbocycles. The third-order valence-corrected chi connectivity index (χ3v) is 19.7. The van der Waals surface area contributed by atoms with Crippen LogP contribution < -0.4 is 4.89 Å². The Labute approximate surface area is 597 Å². The van der Waals surface area contributed by atoms with Gasteiger partial charge >= 0.3 is 11.9 Å². The van der Waals surface area contributed by atoms with Crippen molar-refractivity contribution < 1.29 is 42.1 Å². The van der Waals surface area contributed by atoms with Crippen LogP contribution in [0.15, 0.2) is 72.9 Å². The second kappa shape index (κ2) is 76.6. The highest BCUT2D eigenvalue weighted by Crippen LogP contribution is 2.38. The zero-order valence-electron chi connectivity index (χ0n) is 64.3. The number of rotatable bonds is 78. The highest BCUT2D eigenvalue weighted by atomic mass is 31.2. The monoisotopic (exact) mass is 1370 g/mol. The number of nitrogens with zero attached hydrogens (tertiary/aromatic N) is 1. The van der Waals surface area contributed by atoms with Crippen molar-refractivity contribution >= 4 is 19.8 Å². The molecule has 0 aliphatic rings. The van der Waals surface area contributed by atoms with Gasteiger partial charge in [0.2, 0.25) is 0 Å². The van der Waals surface area contributed by atoms with Gasteiger partial charge in [-0.15, -0.1) is 0 Å². The number of carbonyl (C=O) groups is 2. The molecule has 0 N–H and O–H groups in total. The van der Waals surface area contributed by atoms with E-state index in [4.69, 9.17) is 18.5 Å². The molecule has 0 saturated carbocycles. The van der Waals surface area contributed by atoms with E-state index < -0.39 is 26.5 Å². The SMILES string of the molecule is CC/C=C\C/C=C\C/C=C\C/C=C\C/C=C\C/C=C\CCCCCCCCCCCCCCC(=O)OC(COC(=O)CCCCCCCCCCCCCCCCCCCCCCCCCCCCCCCCCCCCCCCCCCC)COP(=O)([O-])OCC[N+](C)(C)C. The largest absolute Gasteiger partial charge is 0.756 e. The summed E-state index contributed by atoms with van der Waals surface area (Å²) in [5, 5.41) is 0. The molecule has 0 spiro atoms. The molecule has 0 bridgehead atoms. The van der Waals surface area contributed by atoms with Gasteiger partial charge < -0.3 is 27.9 Å². The van der Waals surface area contributed by atoms with Crippen LogP contribution in [-0.4, -0.2) is 70.0 Å². The minimum absolute atomic E-state index is 0.0314. The lowest BCUT2D eigenvalue weighted by Gasteiger charge is -2.28. The first-order chi connectivity index (χ1) is 47.0. The number of allylic oxidation sites excluding steroid dienone is 12. The minimum Gasteiger partial charge on any atom is -0.756 e. The number of esters is 2. The molecular formula is C86H160NO8P. The standard InChI is InChI=1S/C86H160NO8P/c1-6-8-10-12-14-16-18-20-22-24-26-28-30-32-34-36-38-39-40-41-42-43-44-45-46-47-49-50-52-54-56-58-60-62-64-66-68-70-72-74-76-78-85(88)92-82-84(83-94-96(90,91)93-81-80-87(3,4)5)95-86(89)79-77-75-73-71-69-67-65-63-61-59-57-55-53-51-48-37-35-33-31-29-27-25-23-21-19-17-15-13-11-9-7-2/h9,11,15,17,21,23,27,29,33,35,48,51,84H,6-8,10,12-14,16,18-20,22,24-26,28,30-32,34,36-47,49-50,52-83H2,1-5H3/b11-9-,17-15-,23-21-,29-27-,35-33-,51-48-. The fourth-order valence-electron chi connectivity index (χ4n) is 12.4. The van der Waals surface area contributed by atoms with Crippen LogP contribution in [0.5, 0.6) is 0 Å². The molecule has 0 aromatic carbocycles. The highest BCUT2D eigenvalue weighted by molar-refractivity contribution is 7.45. The van der Waals surface area contributed by atoms with E-state index in [2.05, 4.69) is 86.8 Å². The van der Waals surface area contributed by atoms with E-state index in [9.17, 15) is 19.0 Å². The van der Waals surface area contributed by atoms with Crippen molar-refractivity contribution in [2.24, 2.45) is 0 Å². The Kier molecular flexibility index (Phi) is 74.6. The number of unbranched alkanes of at least 4 members (excludes halogenated alkanes) is 52. The van der Waals surface area contributed by atoms with Crippen LogP contribution in [0.2, 0.25) is 0 Å². The topological polar surface area (TPSA) is 111 Å². The molecule has 0 aromatic rings. The number of phosphoric ester groups is 1. The molecule has 0 rings (SSSR count). The molecule has 10 heteroatoms. The maximum atomic E-state index is 12.9. The molecule has 562 valence electrons. The number of hydrogen-bond donors (Lipinski definition) is 0. The predicted octanol–water partition coefficient (Wildman–Crippen LogP) is 27.2. The number of hydrogen-bond acceptors (Lipinski definition) is 8. The van der Waals surface area contributed by atoms with Crippen molar-refractivity contribution in [2.75, 3.05) is 47.5 Å². The van der Waals surface area contributed by atoms with Gasteiger partial charge in [-0.3, -0.25) is 14.2 Å². The highest BCUT2D eigenvalue weighted by Gasteiger charge is 2.22. The second-order valence-electron chi connectivity index (χ2n) is 29.5. The first-order valence-electron chi connectivity index (χ1n) is 41.6. The van der Waals surface area contributed by atoms with Crippen LogP contribution in [-0.2, 0) is 32.7 Å². The summed E-state index contributed by atoms with van der Waals surface area (Å²) in [5.74, 6) is -0.819. The summed E-state index contributed by atoms with van der Waals surface area (Å²) in [7, 11) is 1.18. The van der Waals surface area contributed by atoms with Crippen LogP contribution >= 0.6 is 7.82 Å². The summed E-state index contributed by atoms with van der Waals surface area (Å²) in [4.78, 5) is 38.2. The molecule has 0 aliphatic heterocycles. The molecule has 2 unspecified atom stereocenters. The third kappa shape index (κ3) is 80.4. The van der Waals surface area contributed by atoms with E-state index >= 15 is 0 Å².